The molecule has 8 heteroatoms. The zero-order valence-corrected chi connectivity index (χ0v) is 6.84. The van der Waals surface area contributed by atoms with Gasteiger partial charge in [-0.1, -0.05) is 6.58 Å². The molecular weight excluding hydrogens is 233 g/mol. The third-order valence-electron chi connectivity index (χ3n) is 1.24. The topological polar surface area (TPSA) is 17.1 Å². The van der Waals surface area contributed by atoms with Crippen LogP contribution in [0.25, 0.3) is 0 Å². The van der Waals surface area contributed by atoms with Crippen LogP contribution in [-0.2, 0) is 4.79 Å². The SMILES string of the molecule is C=C=CC(F)(F)C(F)(F)C(=O)C(F)(F)F. The Morgan fingerprint density at radius 2 is 1.47 bits per heavy atom. The van der Waals surface area contributed by atoms with Gasteiger partial charge >= 0.3 is 23.8 Å². The van der Waals surface area contributed by atoms with Crippen LogP contribution in [0.15, 0.2) is 18.4 Å². The highest BCUT2D eigenvalue weighted by molar-refractivity contribution is 5.91. The summed E-state index contributed by atoms with van der Waals surface area (Å²) < 4.78 is 83.9. The summed E-state index contributed by atoms with van der Waals surface area (Å²) >= 11 is 0. The second kappa shape index (κ2) is 3.69. The maximum Gasteiger partial charge on any atom is 0.456 e. The van der Waals surface area contributed by atoms with Crippen LogP contribution in [0.5, 0.6) is 0 Å². The number of ketones is 1. The maximum absolute atomic E-state index is 12.4. The summed E-state index contributed by atoms with van der Waals surface area (Å²) in [6, 6.07) is 0. The number of hydrogen-bond donors (Lipinski definition) is 0. The number of hydrogen-bond acceptors (Lipinski definition) is 1. The second-order valence-electron chi connectivity index (χ2n) is 2.37. The number of halogens is 7. The van der Waals surface area contributed by atoms with E-state index < -0.39 is 29.9 Å². The van der Waals surface area contributed by atoms with Crippen molar-refractivity contribution >= 4 is 5.78 Å². The van der Waals surface area contributed by atoms with E-state index in [1.807, 2.05) is 0 Å². The Balaban J connectivity index is 5.32. The minimum atomic E-state index is -6.04. The van der Waals surface area contributed by atoms with Gasteiger partial charge in [-0.3, -0.25) is 4.79 Å². The van der Waals surface area contributed by atoms with Crippen LogP contribution in [0.3, 0.4) is 0 Å². The van der Waals surface area contributed by atoms with E-state index in [4.69, 9.17) is 0 Å². The molecular formula is C7H3F7O. The first-order valence-electron chi connectivity index (χ1n) is 3.21. The first-order valence-corrected chi connectivity index (χ1v) is 3.21. The fourth-order valence-electron chi connectivity index (χ4n) is 0.548. The van der Waals surface area contributed by atoms with E-state index in [1.165, 1.54) is 5.73 Å². The molecule has 0 rings (SSSR count). The van der Waals surface area contributed by atoms with Gasteiger partial charge in [-0.2, -0.15) is 30.7 Å². The Kier molecular flexibility index (Phi) is 3.37. The molecule has 0 aromatic carbocycles. The Morgan fingerprint density at radius 3 is 1.73 bits per heavy atom. The molecule has 0 radical (unpaired) electrons. The molecule has 86 valence electrons. The molecule has 0 N–H and O–H groups in total. The smallest absolute Gasteiger partial charge is 0.282 e. The number of carbonyl (C=O) groups is 1. The average Bonchev–Trinajstić information content (AvgIpc) is 2.00. The molecule has 0 saturated carbocycles. The van der Waals surface area contributed by atoms with Gasteiger partial charge < -0.3 is 0 Å². The molecule has 0 atom stereocenters. The van der Waals surface area contributed by atoms with Gasteiger partial charge in [-0.25, -0.2) is 0 Å². The van der Waals surface area contributed by atoms with Crippen molar-refractivity contribution in [1.82, 2.24) is 0 Å². The van der Waals surface area contributed by atoms with Crippen molar-refractivity contribution < 1.29 is 35.5 Å². The number of Topliss-reactive ketones (excluding diaryl/α,β-unsaturated/α-hetero) is 1. The van der Waals surface area contributed by atoms with Gasteiger partial charge in [0.15, 0.2) is 0 Å². The van der Waals surface area contributed by atoms with Gasteiger partial charge in [-0.15, -0.1) is 5.73 Å². The van der Waals surface area contributed by atoms with E-state index >= 15 is 0 Å². The summed E-state index contributed by atoms with van der Waals surface area (Å²) in [6.45, 7) is 2.49. The lowest BCUT2D eigenvalue weighted by atomic mass is 10.1. The lowest BCUT2D eigenvalue weighted by Gasteiger charge is -2.22. The molecule has 1 nitrogen and oxygen atoms in total. The average molecular weight is 236 g/mol. The van der Waals surface area contributed by atoms with Crippen LogP contribution in [0.1, 0.15) is 0 Å². The van der Waals surface area contributed by atoms with Crippen LogP contribution in [0.2, 0.25) is 0 Å². The molecule has 0 heterocycles. The minimum absolute atomic E-state index is 0.698. The number of carbonyl (C=O) groups excluding carboxylic acids is 1. The van der Waals surface area contributed by atoms with Crippen LogP contribution in [-0.4, -0.2) is 23.8 Å². The van der Waals surface area contributed by atoms with Crippen LogP contribution in [0.4, 0.5) is 30.7 Å². The van der Waals surface area contributed by atoms with Gasteiger partial charge in [0.1, 0.15) is 0 Å². The van der Waals surface area contributed by atoms with Crippen molar-refractivity contribution in [2.45, 2.75) is 18.0 Å². The van der Waals surface area contributed by atoms with E-state index in [0.29, 0.717) is 0 Å². The molecule has 0 aliphatic rings. The highest BCUT2D eigenvalue weighted by Crippen LogP contribution is 2.40. The fourth-order valence-corrected chi connectivity index (χ4v) is 0.548. The lowest BCUT2D eigenvalue weighted by Crippen LogP contribution is -2.51. The van der Waals surface area contributed by atoms with Gasteiger partial charge in [0.2, 0.25) is 0 Å². The van der Waals surface area contributed by atoms with Gasteiger partial charge in [0.05, 0.1) is 0 Å². The summed E-state index contributed by atoms with van der Waals surface area (Å²) in [4.78, 5) is 9.98. The van der Waals surface area contributed by atoms with Crippen LogP contribution in [0, 0.1) is 0 Å². The number of rotatable bonds is 3. The monoisotopic (exact) mass is 236 g/mol. The van der Waals surface area contributed by atoms with E-state index in [0.717, 1.165) is 0 Å². The van der Waals surface area contributed by atoms with Crippen molar-refractivity contribution in [2.75, 3.05) is 0 Å². The zero-order valence-electron chi connectivity index (χ0n) is 6.84. The molecule has 0 spiro atoms. The number of alkyl halides is 7. The molecule has 0 amide bonds. The third-order valence-corrected chi connectivity index (χ3v) is 1.24. The minimum Gasteiger partial charge on any atom is -0.282 e. The highest BCUT2D eigenvalue weighted by atomic mass is 19.4. The predicted molar refractivity (Wildman–Crippen MR) is 34.7 cm³/mol. The summed E-state index contributed by atoms with van der Waals surface area (Å²) in [5, 5.41) is 0. The number of allylic oxidation sites excluding steroid dienone is 1. The van der Waals surface area contributed by atoms with Gasteiger partial charge in [-0.05, 0) is 0 Å². The Bertz CT molecular complexity index is 308. The predicted octanol–water partition coefficient (Wildman–Crippen LogP) is 2.73. The van der Waals surface area contributed by atoms with Crippen molar-refractivity contribution in [3.8, 4) is 0 Å². The van der Waals surface area contributed by atoms with Gasteiger partial charge in [0, 0.05) is 6.08 Å². The summed E-state index contributed by atoms with van der Waals surface area (Å²) in [5.41, 5.74) is 1.20. The van der Waals surface area contributed by atoms with Gasteiger partial charge in [0.25, 0.3) is 0 Å². The maximum atomic E-state index is 12.4. The molecule has 0 aliphatic carbocycles. The molecule has 0 aliphatic heterocycles. The van der Waals surface area contributed by atoms with E-state index in [9.17, 15) is 35.5 Å². The molecule has 0 aromatic heterocycles. The summed E-state index contributed by atoms with van der Waals surface area (Å²) in [7, 11) is 0. The fraction of sp³-hybridized carbons (Fsp3) is 0.429. The molecule has 0 saturated heterocycles. The molecule has 0 unspecified atom stereocenters. The molecule has 0 aromatic rings. The normalized spacial score (nSPS) is 13.3. The second-order valence-corrected chi connectivity index (χ2v) is 2.37. The first-order chi connectivity index (χ1) is 6.47. The quantitative estimate of drug-likeness (QED) is 0.543. The highest BCUT2D eigenvalue weighted by Gasteiger charge is 2.67. The molecule has 0 bridgehead atoms. The molecule has 0 fully saturated rings. The summed E-state index contributed by atoms with van der Waals surface area (Å²) in [6.07, 6.45) is -6.74. The van der Waals surface area contributed by atoms with Crippen molar-refractivity contribution in [2.24, 2.45) is 0 Å². The largest absolute Gasteiger partial charge is 0.456 e. The Morgan fingerprint density at radius 1 is 1.07 bits per heavy atom. The Hall–Kier alpha value is -1.30. The van der Waals surface area contributed by atoms with E-state index in [1.54, 1.807) is 0 Å². The van der Waals surface area contributed by atoms with Crippen molar-refractivity contribution in [3.05, 3.63) is 18.4 Å². The standard InChI is InChI=1S/C7H3F7O/c1-2-3-5(8,9)6(10,11)4(15)7(12,13)14/h3H,1H2. The van der Waals surface area contributed by atoms with Crippen molar-refractivity contribution in [1.29, 1.82) is 0 Å². The van der Waals surface area contributed by atoms with Crippen LogP contribution < -0.4 is 0 Å². The summed E-state index contributed by atoms with van der Waals surface area (Å²) in [5.74, 6) is -15.0. The van der Waals surface area contributed by atoms with Crippen LogP contribution >= 0.6 is 0 Å². The zero-order chi connectivity index (χ0) is 12.5. The first kappa shape index (κ1) is 13.7. The lowest BCUT2D eigenvalue weighted by molar-refractivity contribution is -0.227. The third kappa shape index (κ3) is 2.59. The van der Waals surface area contributed by atoms with Crippen molar-refractivity contribution in [3.63, 3.8) is 0 Å². The van der Waals surface area contributed by atoms with E-state index in [-0.39, 0.29) is 0 Å². The van der Waals surface area contributed by atoms with E-state index in [2.05, 4.69) is 6.58 Å². The molecule has 15 heavy (non-hydrogen) atoms. The Labute approximate surface area is 78.9 Å².